The Labute approximate surface area is 99.9 Å². The lowest BCUT2D eigenvalue weighted by molar-refractivity contribution is -0.125. The van der Waals surface area contributed by atoms with Gasteiger partial charge in [0.2, 0.25) is 0 Å². The molecule has 90 valence electrons. The van der Waals surface area contributed by atoms with E-state index >= 15 is 0 Å². The standard InChI is InChI=1S/C12H16N4O/c1-8-14-15-11-9(13-5-6-16(8)11)7-10(17)12(2,3)4/h5-6H,7H2,1-4H3. The van der Waals surface area contributed by atoms with Crippen molar-refractivity contribution in [3.8, 4) is 0 Å². The molecule has 2 heterocycles. The first-order valence-corrected chi connectivity index (χ1v) is 5.58. The Morgan fingerprint density at radius 3 is 2.71 bits per heavy atom. The lowest BCUT2D eigenvalue weighted by Crippen LogP contribution is -2.22. The first kappa shape index (κ1) is 11.7. The van der Waals surface area contributed by atoms with E-state index in [1.165, 1.54) is 0 Å². The van der Waals surface area contributed by atoms with Gasteiger partial charge in [0.25, 0.3) is 0 Å². The zero-order chi connectivity index (χ0) is 12.6. The van der Waals surface area contributed by atoms with Crippen molar-refractivity contribution >= 4 is 11.4 Å². The van der Waals surface area contributed by atoms with Crippen LogP contribution in [0.1, 0.15) is 32.3 Å². The van der Waals surface area contributed by atoms with Crippen molar-refractivity contribution in [1.29, 1.82) is 0 Å². The van der Waals surface area contributed by atoms with Gasteiger partial charge in [0, 0.05) is 17.8 Å². The first-order chi connectivity index (χ1) is 7.89. The molecule has 0 aliphatic rings. The molecule has 2 aromatic rings. The van der Waals surface area contributed by atoms with Crippen molar-refractivity contribution < 1.29 is 4.79 Å². The molecule has 0 saturated carbocycles. The summed E-state index contributed by atoms with van der Waals surface area (Å²) in [5.74, 6) is 0.950. The average Bonchev–Trinajstić information content (AvgIpc) is 2.60. The molecule has 0 radical (unpaired) electrons. The third kappa shape index (κ3) is 2.18. The van der Waals surface area contributed by atoms with E-state index in [9.17, 15) is 4.79 Å². The number of carbonyl (C=O) groups excluding carboxylic acids is 1. The number of aromatic nitrogens is 4. The summed E-state index contributed by atoms with van der Waals surface area (Å²) < 4.78 is 1.85. The van der Waals surface area contributed by atoms with Gasteiger partial charge in [-0.1, -0.05) is 20.8 Å². The number of aryl methyl sites for hydroxylation is 1. The van der Waals surface area contributed by atoms with Crippen molar-refractivity contribution in [3.05, 3.63) is 23.9 Å². The van der Waals surface area contributed by atoms with Gasteiger partial charge in [-0.2, -0.15) is 0 Å². The predicted octanol–water partition coefficient (Wildman–Crippen LogP) is 1.59. The molecule has 0 saturated heterocycles. The van der Waals surface area contributed by atoms with Crippen LogP contribution in [-0.2, 0) is 11.2 Å². The van der Waals surface area contributed by atoms with Crippen LogP contribution in [-0.4, -0.2) is 25.4 Å². The van der Waals surface area contributed by atoms with Gasteiger partial charge in [-0.25, -0.2) is 0 Å². The second-order valence-corrected chi connectivity index (χ2v) is 5.16. The fraction of sp³-hybridized carbons (Fsp3) is 0.500. The van der Waals surface area contributed by atoms with E-state index in [1.54, 1.807) is 12.4 Å². The Hall–Kier alpha value is -1.78. The number of rotatable bonds is 2. The summed E-state index contributed by atoms with van der Waals surface area (Å²) in [5.41, 5.74) is 0.999. The molecule has 0 fully saturated rings. The molecule has 0 spiro atoms. The summed E-state index contributed by atoms with van der Waals surface area (Å²) in [6.07, 6.45) is 3.77. The van der Waals surface area contributed by atoms with Gasteiger partial charge < -0.3 is 0 Å². The zero-order valence-electron chi connectivity index (χ0n) is 10.6. The number of Topliss-reactive ketones (excluding diaryl/α,β-unsaturated/α-hetero) is 1. The Morgan fingerprint density at radius 1 is 1.35 bits per heavy atom. The van der Waals surface area contributed by atoms with Crippen LogP contribution in [0.15, 0.2) is 12.4 Å². The molecule has 0 amide bonds. The van der Waals surface area contributed by atoms with E-state index in [0.717, 1.165) is 5.82 Å². The third-order valence-electron chi connectivity index (χ3n) is 2.74. The van der Waals surface area contributed by atoms with Crippen molar-refractivity contribution in [3.63, 3.8) is 0 Å². The Bertz CT molecular complexity index is 565. The molecule has 17 heavy (non-hydrogen) atoms. The van der Waals surface area contributed by atoms with Crippen LogP contribution in [0.4, 0.5) is 0 Å². The Morgan fingerprint density at radius 2 is 2.06 bits per heavy atom. The summed E-state index contributed by atoms with van der Waals surface area (Å²) in [7, 11) is 0. The van der Waals surface area contributed by atoms with Crippen molar-refractivity contribution in [1.82, 2.24) is 19.6 Å². The fourth-order valence-electron chi connectivity index (χ4n) is 1.53. The van der Waals surface area contributed by atoms with Gasteiger partial charge in [-0.05, 0) is 6.92 Å². The minimum Gasteiger partial charge on any atom is -0.299 e. The van der Waals surface area contributed by atoms with Crippen LogP contribution in [0.5, 0.6) is 0 Å². The van der Waals surface area contributed by atoms with Crippen molar-refractivity contribution in [2.45, 2.75) is 34.1 Å². The molecular formula is C12H16N4O. The first-order valence-electron chi connectivity index (χ1n) is 5.58. The highest BCUT2D eigenvalue weighted by atomic mass is 16.1. The number of ketones is 1. The minimum atomic E-state index is -0.358. The monoisotopic (exact) mass is 232 g/mol. The van der Waals surface area contributed by atoms with Gasteiger partial charge in [-0.3, -0.25) is 14.2 Å². The van der Waals surface area contributed by atoms with Crippen LogP contribution in [0.3, 0.4) is 0 Å². The number of carbonyl (C=O) groups is 1. The van der Waals surface area contributed by atoms with E-state index in [1.807, 2.05) is 32.1 Å². The molecule has 0 aliphatic heterocycles. The molecule has 0 atom stereocenters. The summed E-state index contributed by atoms with van der Waals surface area (Å²) in [5, 5.41) is 8.04. The Balaban J connectivity index is 2.40. The zero-order valence-corrected chi connectivity index (χ0v) is 10.6. The topological polar surface area (TPSA) is 60.2 Å². The third-order valence-corrected chi connectivity index (χ3v) is 2.74. The van der Waals surface area contributed by atoms with Crippen molar-refractivity contribution in [2.24, 2.45) is 5.41 Å². The maximum absolute atomic E-state index is 12.0. The number of nitrogens with zero attached hydrogens (tertiary/aromatic N) is 4. The maximum atomic E-state index is 12.0. The SMILES string of the molecule is Cc1nnc2c(CC(=O)C(C)(C)C)nccn12. The largest absolute Gasteiger partial charge is 0.299 e. The second-order valence-electron chi connectivity index (χ2n) is 5.16. The van der Waals surface area contributed by atoms with Gasteiger partial charge in [0.05, 0.1) is 12.1 Å². The molecule has 0 bridgehead atoms. The molecule has 0 unspecified atom stereocenters. The highest BCUT2D eigenvalue weighted by Crippen LogP contribution is 2.18. The Kier molecular flexibility index (Phi) is 2.69. The lowest BCUT2D eigenvalue weighted by atomic mass is 9.88. The lowest BCUT2D eigenvalue weighted by Gasteiger charge is -2.15. The van der Waals surface area contributed by atoms with E-state index in [4.69, 9.17) is 0 Å². The molecule has 0 N–H and O–H groups in total. The fourth-order valence-corrected chi connectivity index (χ4v) is 1.53. The molecule has 2 aromatic heterocycles. The van der Waals surface area contributed by atoms with E-state index in [0.29, 0.717) is 17.8 Å². The van der Waals surface area contributed by atoms with Crippen LogP contribution < -0.4 is 0 Å². The van der Waals surface area contributed by atoms with Gasteiger partial charge in [0.15, 0.2) is 5.65 Å². The van der Waals surface area contributed by atoms with Crippen molar-refractivity contribution in [2.75, 3.05) is 0 Å². The highest BCUT2D eigenvalue weighted by molar-refractivity contribution is 5.86. The summed E-state index contributed by atoms with van der Waals surface area (Å²) in [6, 6.07) is 0. The summed E-state index contributed by atoms with van der Waals surface area (Å²) in [6.45, 7) is 7.59. The van der Waals surface area contributed by atoms with E-state index < -0.39 is 0 Å². The van der Waals surface area contributed by atoms with Gasteiger partial charge in [-0.15, -0.1) is 10.2 Å². The average molecular weight is 232 g/mol. The number of hydrogen-bond acceptors (Lipinski definition) is 4. The van der Waals surface area contributed by atoms with E-state index in [-0.39, 0.29) is 11.2 Å². The quantitative estimate of drug-likeness (QED) is 0.789. The predicted molar refractivity (Wildman–Crippen MR) is 63.7 cm³/mol. The summed E-state index contributed by atoms with van der Waals surface area (Å²) >= 11 is 0. The van der Waals surface area contributed by atoms with Crippen LogP contribution in [0.25, 0.3) is 5.65 Å². The van der Waals surface area contributed by atoms with Gasteiger partial charge >= 0.3 is 0 Å². The molecule has 0 aliphatic carbocycles. The van der Waals surface area contributed by atoms with Gasteiger partial charge in [0.1, 0.15) is 11.6 Å². The molecule has 5 heteroatoms. The highest BCUT2D eigenvalue weighted by Gasteiger charge is 2.23. The summed E-state index contributed by atoms with van der Waals surface area (Å²) in [4.78, 5) is 16.2. The van der Waals surface area contributed by atoms with Crippen LogP contribution in [0, 0.1) is 12.3 Å². The molecule has 2 rings (SSSR count). The van der Waals surface area contributed by atoms with Crippen LogP contribution in [0.2, 0.25) is 0 Å². The molecule has 0 aromatic carbocycles. The maximum Gasteiger partial charge on any atom is 0.183 e. The number of fused-ring (bicyclic) bond motifs is 1. The second kappa shape index (κ2) is 3.91. The molecule has 5 nitrogen and oxygen atoms in total. The smallest absolute Gasteiger partial charge is 0.183 e. The minimum absolute atomic E-state index is 0.152. The number of hydrogen-bond donors (Lipinski definition) is 0. The normalized spacial score (nSPS) is 12.0. The van der Waals surface area contributed by atoms with E-state index in [2.05, 4.69) is 15.2 Å². The van der Waals surface area contributed by atoms with Crippen LogP contribution >= 0.6 is 0 Å². The molecular weight excluding hydrogens is 216 g/mol.